The third-order valence-electron chi connectivity index (χ3n) is 8.29. The van der Waals surface area contributed by atoms with Gasteiger partial charge in [-0.25, -0.2) is 13.5 Å². The molecule has 2 aromatic rings. The number of anilines is 2. The summed E-state index contributed by atoms with van der Waals surface area (Å²) in [6, 6.07) is 8.57. The Hall–Kier alpha value is -2.75. The van der Waals surface area contributed by atoms with Gasteiger partial charge in [-0.2, -0.15) is 10.4 Å². The van der Waals surface area contributed by atoms with Crippen molar-refractivity contribution in [2.75, 3.05) is 42.6 Å². The second-order valence-electron chi connectivity index (χ2n) is 11.3. The standard InChI is InChI=1S/C27H31ClF2N6O3S/c1-17-10-24(36(33-17)18-4-8-39-9-5-18)35-13-20(12-22(35)25(37)32-26(14-31)6-7-26)40(38)23-3-2-19(11-21(23)28)34-15-27(29,30)16-34/h2-3,10-11,18,20,22H,4-9,12-13,15-16H2,1H3,(H,32,37)/p+1. The molecule has 4 heterocycles. The Kier molecular flexibility index (Phi) is 7.04. The summed E-state index contributed by atoms with van der Waals surface area (Å²) >= 11 is 6.54. The first-order valence-corrected chi connectivity index (χ1v) is 15.3. The fraction of sp³-hybridized carbons (Fsp3) is 0.593. The Morgan fingerprint density at radius 3 is 2.60 bits per heavy atom. The normalized spacial score (nSPS) is 26.2. The number of aryl methyl sites for hydroxylation is 1. The van der Waals surface area contributed by atoms with E-state index in [9.17, 15) is 23.0 Å². The van der Waals surface area contributed by atoms with E-state index in [2.05, 4.69) is 11.4 Å². The lowest BCUT2D eigenvalue weighted by molar-refractivity contribution is -0.122. The Bertz CT molecular complexity index is 1380. The van der Waals surface area contributed by atoms with E-state index in [0.29, 0.717) is 49.6 Å². The summed E-state index contributed by atoms with van der Waals surface area (Å²) in [6.45, 7) is 2.79. The topological polar surface area (TPSA) is 103 Å². The Balaban J connectivity index is 1.27. The van der Waals surface area contributed by atoms with Crippen LogP contribution in [0.3, 0.4) is 0 Å². The van der Waals surface area contributed by atoms with Crippen molar-refractivity contribution in [3.05, 3.63) is 35.0 Å². The van der Waals surface area contributed by atoms with Gasteiger partial charge in [0.1, 0.15) is 33.4 Å². The second kappa shape index (κ2) is 10.3. The number of thiol groups is 1. The lowest BCUT2D eigenvalue weighted by Crippen LogP contribution is -2.56. The fourth-order valence-corrected chi connectivity index (χ4v) is 7.90. The van der Waals surface area contributed by atoms with E-state index in [0.717, 1.165) is 24.4 Å². The summed E-state index contributed by atoms with van der Waals surface area (Å²) in [6.07, 6.45) is 3.16. The van der Waals surface area contributed by atoms with Crippen molar-refractivity contribution >= 4 is 39.8 Å². The van der Waals surface area contributed by atoms with Crippen molar-refractivity contribution in [3.63, 3.8) is 0 Å². The van der Waals surface area contributed by atoms with Gasteiger partial charge in [0.25, 0.3) is 5.92 Å². The van der Waals surface area contributed by atoms with Crippen LogP contribution in [0, 0.1) is 18.3 Å². The van der Waals surface area contributed by atoms with Gasteiger partial charge >= 0.3 is 0 Å². The molecular formula is C27H32ClF2N6O3S+. The van der Waals surface area contributed by atoms with Crippen LogP contribution in [0.25, 0.3) is 0 Å². The zero-order valence-electron chi connectivity index (χ0n) is 22.2. The summed E-state index contributed by atoms with van der Waals surface area (Å²) < 4.78 is 48.1. The molecule has 1 aromatic heterocycles. The minimum atomic E-state index is -2.71. The van der Waals surface area contributed by atoms with Crippen LogP contribution < -0.4 is 15.1 Å². The highest BCUT2D eigenvalue weighted by Crippen LogP contribution is 2.39. The molecule has 1 amide bonds. The van der Waals surface area contributed by atoms with Gasteiger partial charge in [0.05, 0.1) is 42.5 Å². The van der Waals surface area contributed by atoms with Gasteiger partial charge in [-0.05, 0) is 50.8 Å². The van der Waals surface area contributed by atoms with Crippen LogP contribution in [0.4, 0.5) is 20.3 Å². The van der Waals surface area contributed by atoms with Crippen LogP contribution in [-0.2, 0) is 24.5 Å². The van der Waals surface area contributed by atoms with Gasteiger partial charge in [0.15, 0.2) is 4.90 Å². The first kappa shape index (κ1) is 27.4. The first-order valence-electron chi connectivity index (χ1n) is 13.6. The lowest BCUT2D eigenvalue weighted by Gasteiger charge is -2.40. The molecule has 40 heavy (non-hydrogen) atoms. The van der Waals surface area contributed by atoms with Gasteiger partial charge in [0, 0.05) is 31.4 Å². The largest absolute Gasteiger partial charge is 0.381 e. The summed E-state index contributed by atoms with van der Waals surface area (Å²) in [5, 5.41) is 17.1. The number of amides is 1. The molecule has 0 radical (unpaired) electrons. The van der Waals surface area contributed by atoms with Gasteiger partial charge < -0.3 is 19.9 Å². The van der Waals surface area contributed by atoms with Crippen LogP contribution in [0.1, 0.15) is 43.8 Å². The van der Waals surface area contributed by atoms with Crippen molar-refractivity contribution in [2.45, 2.75) is 72.7 Å². The SMILES string of the molecule is Cc1cc(N2CC([SH+](=O)c3ccc(N4CC(F)(F)C4)cc3Cl)CC2C(=O)NC2(C#N)CC2)n(C2CCOCC2)n1. The van der Waals surface area contributed by atoms with E-state index < -0.39 is 33.6 Å². The van der Waals surface area contributed by atoms with E-state index in [1.165, 1.54) is 4.90 Å². The molecule has 1 saturated carbocycles. The number of benzene rings is 1. The van der Waals surface area contributed by atoms with E-state index in [1.807, 2.05) is 22.6 Å². The predicted molar refractivity (Wildman–Crippen MR) is 148 cm³/mol. The third kappa shape index (κ3) is 5.19. The molecule has 3 saturated heterocycles. The highest BCUT2D eigenvalue weighted by atomic mass is 35.5. The molecule has 3 atom stereocenters. The number of carbonyl (C=O) groups excluding carboxylic acids is 1. The van der Waals surface area contributed by atoms with E-state index in [-0.39, 0.29) is 30.1 Å². The Labute approximate surface area is 238 Å². The molecule has 214 valence electrons. The molecule has 0 spiro atoms. The van der Waals surface area contributed by atoms with Gasteiger partial charge in [-0.3, -0.25) is 4.79 Å². The van der Waals surface area contributed by atoms with Crippen LogP contribution in [0.15, 0.2) is 29.2 Å². The maximum atomic E-state index is 13.9. The monoisotopic (exact) mass is 593 g/mol. The number of carbonyl (C=O) groups is 1. The Morgan fingerprint density at radius 2 is 1.98 bits per heavy atom. The molecule has 6 rings (SSSR count). The minimum absolute atomic E-state index is 0.124. The molecule has 1 aliphatic carbocycles. The molecule has 3 unspecified atom stereocenters. The summed E-state index contributed by atoms with van der Waals surface area (Å²) in [5.74, 6) is -2.18. The number of hydrogen-bond acceptors (Lipinski definition) is 7. The number of alkyl halides is 2. The van der Waals surface area contributed by atoms with Crippen molar-refractivity contribution in [3.8, 4) is 6.07 Å². The number of halogens is 3. The number of rotatable bonds is 7. The lowest BCUT2D eigenvalue weighted by atomic mass is 10.1. The van der Waals surface area contributed by atoms with Gasteiger partial charge in [0.2, 0.25) is 5.91 Å². The molecular weight excluding hydrogens is 562 g/mol. The number of aromatic nitrogens is 2. The van der Waals surface area contributed by atoms with Crippen molar-refractivity contribution in [2.24, 2.45) is 0 Å². The molecule has 4 aliphatic rings. The van der Waals surface area contributed by atoms with E-state index in [4.69, 9.17) is 21.4 Å². The average molecular weight is 594 g/mol. The van der Waals surface area contributed by atoms with Gasteiger partial charge in [-0.15, -0.1) is 4.21 Å². The third-order valence-corrected chi connectivity index (χ3v) is 10.6. The number of ether oxygens (including phenoxy) is 1. The molecule has 13 heteroatoms. The zero-order chi connectivity index (χ0) is 28.2. The van der Waals surface area contributed by atoms with E-state index in [1.54, 1.807) is 18.2 Å². The minimum Gasteiger partial charge on any atom is -0.381 e. The maximum Gasteiger partial charge on any atom is 0.282 e. The predicted octanol–water partition coefficient (Wildman–Crippen LogP) is 3.53. The zero-order valence-corrected chi connectivity index (χ0v) is 23.8. The fourth-order valence-electron chi connectivity index (χ4n) is 5.87. The second-order valence-corrected chi connectivity index (χ2v) is 13.6. The highest BCUT2D eigenvalue weighted by molar-refractivity contribution is 7.85. The summed E-state index contributed by atoms with van der Waals surface area (Å²) in [5.41, 5.74) is 0.557. The van der Waals surface area contributed by atoms with Crippen molar-refractivity contribution in [1.29, 1.82) is 5.26 Å². The number of nitrogens with zero attached hydrogens (tertiary/aromatic N) is 5. The molecule has 9 nitrogen and oxygen atoms in total. The smallest absolute Gasteiger partial charge is 0.282 e. The van der Waals surface area contributed by atoms with Crippen molar-refractivity contribution in [1.82, 2.24) is 15.1 Å². The first-order chi connectivity index (χ1) is 19.1. The highest BCUT2D eigenvalue weighted by Gasteiger charge is 2.50. The van der Waals surface area contributed by atoms with Crippen LogP contribution in [0.2, 0.25) is 5.02 Å². The average Bonchev–Trinajstić information content (AvgIpc) is 3.36. The molecule has 1 aromatic carbocycles. The van der Waals surface area contributed by atoms with E-state index >= 15 is 0 Å². The van der Waals surface area contributed by atoms with Crippen molar-refractivity contribution < 1.29 is 22.5 Å². The van der Waals surface area contributed by atoms with Crippen LogP contribution in [-0.4, -0.2) is 71.3 Å². The van der Waals surface area contributed by atoms with Gasteiger partial charge in [-0.1, -0.05) is 11.6 Å². The maximum absolute atomic E-state index is 13.9. The summed E-state index contributed by atoms with van der Waals surface area (Å²) in [4.78, 5) is 17.5. The molecule has 4 fully saturated rings. The number of hydrogen-bond donors (Lipinski definition) is 1. The number of nitriles is 1. The Morgan fingerprint density at radius 1 is 1.25 bits per heavy atom. The number of nitrogens with one attached hydrogen (secondary N) is 1. The molecule has 1 N–H and O–H groups in total. The quantitative estimate of drug-likeness (QED) is 0.387. The molecule has 0 bridgehead atoms. The van der Waals surface area contributed by atoms with Crippen LogP contribution in [0.5, 0.6) is 0 Å². The molecule has 3 aliphatic heterocycles. The summed E-state index contributed by atoms with van der Waals surface area (Å²) in [7, 11) is -2.03. The van der Waals surface area contributed by atoms with Crippen LogP contribution >= 0.6 is 11.6 Å².